The molecule has 1 aliphatic carbocycles. The molecule has 156 valence electrons. The van der Waals surface area contributed by atoms with Gasteiger partial charge in [0.05, 0.1) is 6.10 Å². The van der Waals surface area contributed by atoms with Crippen molar-refractivity contribution in [2.45, 2.75) is 71.5 Å². The van der Waals surface area contributed by atoms with Crippen LogP contribution >= 0.6 is 0 Å². The third-order valence-corrected chi connectivity index (χ3v) is 5.24. The van der Waals surface area contributed by atoms with E-state index in [1.54, 1.807) is 0 Å². The number of hydrogen-bond donors (Lipinski definition) is 1. The van der Waals surface area contributed by atoms with Gasteiger partial charge in [0.2, 0.25) is 0 Å². The molecule has 0 aromatic heterocycles. The van der Waals surface area contributed by atoms with Crippen LogP contribution in [0.1, 0.15) is 56.7 Å². The van der Waals surface area contributed by atoms with E-state index in [0.717, 1.165) is 37.2 Å². The highest BCUT2D eigenvalue weighted by atomic mass is 16.5. The van der Waals surface area contributed by atoms with E-state index in [1.165, 1.54) is 29.5 Å². The van der Waals surface area contributed by atoms with Crippen molar-refractivity contribution in [3.8, 4) is 11.5 Å². The van der Waals surface area contributed by atoms with Gasteiger partial charge in [-0.15, -0.1) is 0 Å². The number of ether oxygens (including phenoxy) is 2. The van der Waals surface area contributed by atoms with Crippen molar-refractivity contribution in [2.24, 2.45) is 0 Å². The minimum absolute atomic E-state index is 0.0599. The van der Waals surface area contributed by atoms with Crippen LogP contribution < -0.4 is 14.8 Å². The van der Waals surface area contributed by atoms with Crippen LogP contribution in [0.4, 0.5) is 0 Å². The minimum Gasteiger partial charge on any atom is -0.491 e. The lowest BCUT2D eigenvalue weighted by atomic mass is 9.91. The van der Waals surface area contributed by atoms with Crippen molar-refractivity contribution in [1.82, 2.24) is 5.32 Å². The van der Waals surface area contributed by atoms with Gasteiger partial charge in [-0.25, -0.2) is 0 Å². The predicted octanol–water partition coefficient (Wildman–Crippen LogP) is 4.87. The maximum absolute atomic E-state index is 12.4. The predicted molar refractivity (Wildman–Crippen MR) is 117 cm³/mol. The second-order valence-electron chi connectivity index (χ2n) is 8.07. The Hall–Kier alpha value is -2.49. The van der Waals surface area contributed by atoms with Gasteiger partial charge in [0.1, 0.15) is 11.5 Å². The standard InChI is InChI=1S/C25H33NO3/c1-18(2)28-22-13-6-9-20(17-22)10-8-16-26-25(27)19(3)29-24-15-7-12-21-11-4-5-14-23(21)24/h6-7,9,12-13,15,17-19H,4-5,8,10-11,14,16H2,1-3H3,(H,26,27)/t19-/m1/s1. The third-order valence-electron chi connectivity index (χ3n) is 5.24. The van der Waals surface area contributed by atoms with Crippen LogP contribution in [0, 0.1) is 0 Å². The third kappa shape index (κ3) is 6.25. The molecule has 0 bridgehead atoms. The van der Waals surface area contributed by atoms with Crippen LogP contribution in [-0.2, 0) is 24.1 Å². The van der Waals surface area contributed by atoms with E-state index in [0.29, 0.717) is 6.54 Å². The summed E-state index contributed by atoms with van der Waals surface area (Å²) in [5.41, 5.74) is 3.87. The summed E-state index contributed by atoms with van der Waals surface area (Å²) in [6.07, 6.45) is 6.03. The molecule has 2 aromatic rings. The van der Waals surface area contributed by atoms with Crippen LogP contribution in [0.3, 0.4) is 0 Å². The molecule has 0 radical (unpaired) electrons. The van der Waals surface area contributed by atoms with Crippen LogP contribution in [0.5, 0.6) is 11.5 Å². The SMILES string of the molecule is CC(C)Oc1cccc(CCCNC(=O)[C@@H](C)Oc2cccc3c2CCCC3)c1. The summed E-state index contributed by atoms with van der Waals surface area (Å²) in [5.74, 6) is 1.71. The summed E-state index contributed by atoms with van der Waals surface area (Å²) in [4.78, 5) is 12.4. The maximum Gasteiger partial charge on any atom is 0.260 e. The molecule has 1 N–H and O–H groups in total. The smallest absolute Gasteiger partial charge is 0.260 e. The summed E-state index contributed by atoms with van der Waals surface area (Å²) in [7, 11) is 0. The molecule has 0 saturated carbocycles. The van der Waals surface area contributed by atoms with E-state index in [9.17, 15) is 4.79 Å². The second-order valence-corrected chi connectivity index (χ2v) is 8.07. The molecule has 3 rings (SSSR count). The topological polar surface area (TPSA) is 47.6 Å². The monoisotopic (exact) mass is 395 g/mol. The van der Waals surface area contributed by atoms with Crippen LogP contribution in [-0.4, -0.2) is 24.7 Å². The molecular weight excluding hydrogens is 362 g/mol. The van der Waals surface area contributed by atoms with E-state index in [2.05, 4.69) is 23.5 Å². The molecule has 0 spiro atoms. The zero-order valence-electron chi connectivity index (χ0n) is 17.9. The molecular formula is C25H33NO3. The summed E-state index contributed by atoms with van der Waals surface area (Å²) in [5, 5.41) is 3.00. The molecule has 0 aliphatic heterocycles. The fraction of sp³-hybridized carbons (Fsp3) is 0.480. The van der Waals surface area contributed by atoms with Gasteiger partial charge in [-0.1, -0.05) is 24.3 Å². The number of rotatable bonds is 9. The fourth-order valence-corrected chi connectivity index (χ4v) is 3.79. The molecule has 0 unspecified atom stereocenters. The molecule has 1 amide bonds. The minimum atomic E-state index is -0.494. The summed E-state index contributed by atoms with van der Waals surface area (Å²) in [6, 6.07) is 14.4. The number of benzene rings is 2. The molecule has 4 nitrogen and oxygen atoms in total. The van der Waals surface area contributed by atoms with Gasteiger partial charge in [0.15, 0.2) is 6.10 Å². The highest BCUT2D eigenvalue weighted by molar-refractivity contribution is 5.80. The number of carbonyl (C=O) groups is 1. The zero-order valence-corrected chi connectivity index (χ0v) is 17.9. The van der Waals surface area contributed by atoms with Crippen molar-refractivity contribution in [1.29, 1.82) is 0 Å². The molecule has 0 saturated heterocycles. The maximum atomic E-state index is 12.4. The Morgan fingerprint density at radius 1 is 1.03 bits per heavy atom. The Bertz CT molecular complexity index is 815. The Labute approximate surface area is 174 Å². The molecule has 1 atom stereocenters. The van der Waals surface area contributed by atoms with Crippen molar-refractivity contribution in [3.63, 3.8) is 0 Å². The zero-order chi connectivity index (χ0) is 20.6. The van der Waals surface area contributed by atoms with Crippen molar-refractivity contribution in [2.75, 3.05) is 6.54 Å². The summed E-state index contributed by atoms with van der Waals surface area (Å²) >= 11 is 0. The van der Waals surface area contributed by atoms with Gasteiger partial charge in [0, 0.05) is 6.54 Å². The van der Waals surface area contributed by atoms with Gasteiger partial charge in [0.25, 0.3) is 5.91 Å². The van der Waals surface area contributed by atoms with E-state index in [-0.39, 0.29) is 12.0 Å². The molecule has 0 fully saturated rings. The Kier molecular flexibility index (Phi) is 7.56. The number of carbonyl (C=O) groups excluding carboxylic acids is 1. The first kappa shape index (κ1) is 21.2. The van der Waals surface area contributed by atoms with Gasteiger partial charge in [-0.3, -0.25) is 4.79 Å². The van der Waals surface area contributed by atoms with E-state index >= 15 is 0 Å². The molecule has 4 heteroatoms. The van der Waals surface area contributed by atoms with Gasteiger partial charge in [-0.05, 0) is 94.2 Å². The molecule has 2 aromatic carbocycles. The van der Waals surface area contributed by atoms with Crippen molar-refractivity contribution >= 4 is 5.91 Å². The molecule has 1 aliphatic rings. The second kappa shape index (κ2) is 10.3. The first-order valence-corrected chi connectivity index (χ1v) is 10.8. The average Bonchev–Trinajstić information content (AvgIpc) is 2.71. The number of aryl methyl sites for hydroxylation is 2. The Balaban J connectivity index is 1.44. The fourth-order valence-electron chi connectivity index (χ4n) is 3.79. The molecule has 0 heterocycles. The van der Waals surface area contributed by atoms with Crippen LogP contribution in [0.25, 0.3) is 0 Å². The molecule has 29 heavy (non-hydrogen) atoms. The van der Waals surface area contributed by atoms with Gasteiger partial charge < -0.3 is 14.8 Å². The highest BCUT2D eigenvalue weighted by Crippen LogP contribution is 2.30. The van der Waals surface area contributed by atoms with Gasteiger partial charge >= 0.3 is 0 Å². The van der Waals surface area contributed by atoms with E-state index in [1.807, 2.05) is 45.0 Å². The Morgan fingerprint density at radius 3 is 2.66 bits per heavy atom. The number of hydrogen-bond acceptors (Lipinski definition) is 3. The highest BCUT2D eigenvalue weighted by Gasteiger charge is 2.19. The number of fused-ring (bicyclic) bond motifs is 1. The lowest BCUT2D eigenvalue weighted by Gasteiger charge is -2.22. The van der Waals surface area contributed by atoms with Gasteiger partial charge in [-0.2, -0.15) is 0 Å². The first-order chi connectivity index (χ1) is 14.0. The largest absolute Gasteiger partial charge is 0.491 e. The normalized spacial score (nSPS) is 14.2. The first-order valence-electron chi connectivity index (χ1n) is 10.8. The lowest BCUT2D eigenvalue weighted by Crippen LogP contribution is -2.37. The summed E-state index contributed by atoms with van der Waals surface area (Å²) < 4.78 is 11.8. The average molecular weight is 396 g/mol. The quantitative estimate of drug-likeness (QED) is 0.616. The Morgan fingerprint density at radius 2 is 1.83 bits per heavy atom. The van der Waals surface area contributed by atoms with E-state index < -0.39 is 6.10 Å². The van der Waals surface area contributed by atoms with Crippen LogP contribution in [0.15, 0.2) is 42.5 Å². The summed E-state index contributed by atoms with van der Waals surface area (Å²) in [6.45, 7) is 6.51. The van der Waals surface area contributed by atoms with Crippen LogP contribution in [0.2, 0.25) is 0 Å². The number of nitrogens with one attached hydrogen (secondary N) is 1. The van der Waals surface area contributed by atoms with Crippen molar-refractivity contribution in [3.05, 3.63) is 59.2 Å². The number of amides is 1. The lowest BCUT2D eigenvalue weighted by molar-refractivity contribution is -0.127. The van der Waals surface area contributed by atoms with E-state index in [4.69, 9.17) is 9.47 Å². The van der Waals surface area contributed by atoms with Crippen molar-refractivity contribution < 1.29 is 14.3 Å².